The highest BCUT2D eigenvalue weighted by molar-refractivity contribution is 5.06. The molecule has 1 atom stereocenters. The third-order valence-electron chi connectivity index (χ3n) is 1.99. The minimum Gasteiger partial charge on any atom is -0.378 e. The maximum Gasteiger partial charge on any atom is 0.122 e. The molecule has 0 saturated carbocycles. The Bertz CT molecular complexity index is 194. The Balaban J connectivity index is 3.79. The summed E-state index contributed by atoms with van der Waals surface area (Å²) in [5.41, 5.74) is 0.410. The summed E-state index contributed by atoms with van der Waals surface area (Å²) in [6, 6.07) is 0. The second-order valence-corrected chi connectivity index (χ2v) is 3.36. The van der Waals surface area contributed by atoms with Crippen molar-refractivity contribution in [3.8, 4) is 12.3 Å². The monoisotopic (exact) mass is 166 g/mol. The summed E-state index contributed by atoms with van der Waals surface area (Å²) < 4.78 is 0. The van der Waals surface area contributed by atoms with Gasteiger partial charge in [-0.2, -0.15) is 0 Å². The molecule has 0 aliphatic rings. The van der Waals surface area contributed by atoms with Gasteiger partial charge in [0.25, 0.3) is 0 Å². The van der Waals surface area contributed by atoms with Crippen molar-refractivity contribution in [1.29, 1.82) is 0 Å². The highest BCUT2D eigenvalue weighted by Gasteiger charge is 2.14. The summed E-state index contributed by atoms with van der Waals surface area (Å²) >= 11 is 0. The highest BCUT2D eigenvalue weighted by atomic mass is 16.3. The molecule has 1 unspecified atom stereocenters. The van der Waals surface area contributed by atoms with Crippen molar-refractivity contribution < 1.29 is 5.11 Å². The van der Waals surface area contributed by atoms with E-state index in [2.05, 4.69) is 25.8 Å². The van der Waals surface area contributed by atoms with Crippen LogP contribution in [0.2, 0.25) is 0 Å². The van der Waals surface area contributed by atoms with E-state index in [1.54, 1.807) is 6.92 Å². The van der Waals surface area contributed by atoms with Crippen LogP contribution in [0.25, 0.3) is 0 Å². The zero-order valence-electron chi connectivity index (χ0n) is 8.22. The summed E-state index contributed by atoms with van der Waals surface area (Å²) in [5.74, 6) is 2.36. The molecule has 12 heavy (non-hydrogen) atoms. The molecule has 0 aromatic heterocycles. The number of rotatable bonds is 4. The van der Waals surface area contributed by atoms with Gasteiger partial charge < -0.3 is 5.11 Å². The first-order valence-electron chi connectivity index (χ1n) is 4.37. The number of aliphatic hydroxyl groups is 1. The lowest BCUT2D eigenvalue weighted by atomic mass is 10.0. The maximum atomic E-state index is 9.44. The van der Waals surface area contributed by atoms with Gasteiger partial charge in [0.2, 0.25) is 0 Å². The molecule has 0 aliphatic carbocycles. The first kappa shape index (κ1) is 11.3. The second-order valence-electron chi connectivity index (χ2n) is 3.36. The van der Waals surface area contributed by atoms with Crippen molar-refractivity contribution in [2.24, 2.45) is 0 Å². The van der Waals surface area contributed by atoms with Crippen molar-refractivity contribution in [2.45, 2.75) is 45.6 Å². The molecular weight excluding hydrogens is 148 g/mol. The minimum absolute atomic E-state index is 0.640. The van der Waals surface area contributed by atoms with E-state index in [1.807, 2.05) is 0 Å². The van der Waals surface area contributed by atoms with Crippen LogP contribution in [0.5, 0.6) is 0 Å². The molecule has 1 N–H and O–H groups in total. The largest absolute Gasteiger partial charge is 0.378 e. The minimum atomic E-state index is -0.940. The molecule has 0 saturated heterocycles. The molecule has 1 heteroatoms. The molecule has 0 heterocycles. The van der Waals surface area contributed by atoms with Crippen LogP contribution in [0, 0.1) is 12.3 Å². The zero-order chi connectivity index (χ0) is 9.61. The van der Waals surface area contributed by atoms with Crippen LogP contribution in [0.3, 0.4) is 0 Å². The fourth-order valence-electron chi connectivity index (χ4n) is 0.816. The Hall–Kier alpha value is -0.740. The van der Waals surface area contributed by atoms with Crippen molar-refractivity contribution >= 4 is 0 Å². The van der Waals surface area contributed by atoms with Crippen LogP contribution in [-0.4, -0.2) is 10.7 Å². The van der Waals surface area contributed by atoms with Gasteiger partial charge in [0.05, 0.1) is 0 Å². The molecule has 0 rings (SSSR count). The molecule has 0 aromatic rings. The van der Waals surface area contributed by atoms with Gasteiger partial charge in [-0.15, -0.1) is 6.42 Å². The molecule has 0 fully saturated rings. The van der Waals surface area contributed by atoms with E-state index in [0.717, 1.165) is 12.8 Å². The third kappa shape index (κ3) is 4.98. The normalized spacial score (nSPS) is 16.8. The van der Waals surface area contributed by atoms with Crippen molar-refractivity contribution in [3.05, 3.63) is 11.6 Å². The lowest BCUT2D eigenvalue weighted by Gasteiger charge is -2.14. The average molecular weight is 166 g/mol. The van der Waals surface area contributed by atoms with Crippen LogP contribution in [0.4, 0.5) is 0 Å². The highest BCUT2D eigenvalue weighted by Crippen LogP contribution is 2.12. The quantitative estimate of drug-likeness (QED) is 0.502. The lowest BCUT2D eigenvalue weighted by Crippen LogP contribution is -2.20. The van der Waals surface area contributed by atoms with Gasteiger partial charge in [0.15, 0.2) is 0 Å². The summed E-state index contributed by atoms with van der Waals surface area (Å²) in [6.45, 7) is 5.87. The lowest BCUT2D eigenvalue weighted by molar-refractivity contribution is 0.113. The van der Waals surface area contributed by atoms with Gasteiger partial charge in [-0.05, 0) is 33.1 Å². The Morgan fingerprint density at radius 1 is 1.67 bits per heavy atom. The molecule has 0 spiro atoms. The van der Waals surface area contributed by atoms with Gasteiger partial charge in [0, 0.05) is 0 Å². The number of allylic oxidation sites excluding steroid dienone is 2. The van der Waals surface area contributed by atoms with Crippen LogP contribution in [0.15, 0.2) is 11.6 Å². The fourth-order valence-corrected chi connectivity index (χ4v) is 0.816. The van der Waals surface area contributed by atoms with Crippen molar-refractivity contribution in [3.63, 3.8) is 0 Å². The van der Waals surface area contributed by atoms with Crippen molar-refractivity contribution in [2.75, 3.05) is 0 Å². The average Bonchev–Trinajstić information content (AvgIpc) is 2.04. The first-order chi connectivity index (χ1) is 5.52. The van der Waals surface area contributed by atoms with E-state index in [-0.39, 0.29) is 0 Å². The predicted molar refractivity (Wildman–Crippen MR) is 52.7 cm³/mol. The van der Waals surface area contributed by atoms with Crippen LogP contribution in [0.1, 0.15) is 40.0 Å². The molecule has 68 valence electrons. The summed E-state index contributed by atoms with van der Waals surface area (Å²) in [7, 11) is 0. The van der Waals surface area contributed by atoms with E-state index < -0.39 is 5.60 Å². The van der Waals surface area contributed by atoms with E-state index in [9.17, 15) is 5.11 Å². The van der Waals surface area contributed by atoms with E-state index >= 15 is 0 Å². The Kier molecular flexibility index (Phi) is 4.70. The standard InChI is InChI=1S/C11H18O/c1-5-10(3)8-7-9-11(4,12)6-2/h2,8,12H,5,7,9H2,1,3-4H3/b10-8-. The van der Waals surface area contributed by atoms with Gasteiger partial charge in [-0.25, -0.2) is 0 Å². The SMILES string of the molecule is C#CC(C)(O)CC/C=C(/C)CC. The first-order valence-corrected chi connectivity index (χ1v) is 4.37. The molecule has 0 radical (unpaired) electrons. The van der Waals surface area contributed by atoms with Crippen LogP contribution >= 0.6 is 0 Å². The van der Waals surface area contributed by atoms with E-state index in [0.29, 0.717) is 6.42 Å². The van der Waals surface area contributed by atoms with E-state index in [1.165, 1.54) is 5.57 Å². The Labute approximate surface area is 75.5 Å². The molecule has 0 amide bonds. The second kappa shape index (κ2) is 5.00. The van der Waals surface area contributed by atoms with Crippen LogP contribution < -0.4 is 0 Å². The van der Waals surface area contributed by atoms with Crippen LogP contribution in [-0.2, 0) is 0 Å². The van der Waals surface area contributed by atoms with E-state index in [4.69, 9.17) is 6.42 Å². The van der Waals surface area contributed by atoms with Gasteiger partial charge >= 0.3 is 0 Å². The smallest absolute Gasteiger partial charge is 0.122 e. The zero-order valence-corrected chi connectivity index (χ0v) is 8.22. The Morgan fingerprint density at radius 3 is 2.67 bits per heavy atom. The third-order valence-corrected chi connectivity index (χ3v) is 1.99. The summed E-state index contributed by atoms with van der Waals surface area (Å²) in [5, 5.41) is 9.44. The molecule has 1 nitrogen and oxygen atoms in total. The molecular formula is C11H18O. The fraction of sp³-hybridized carbons (Fsp3) is 0.636. The molecule has 0 bridgehead atoms. The van der Waals surface area contributed by atoms with Crippen molar-refractivity contribution in [1.82, 2.24) is 0 Å². The summed E-state index contributed by atoms with van der Waals surface area (Å²) in [4.78, 5) is 0. The maximum absolute atomic E-state index is 9.44. The molecule has 0 aromatic carbocycles. The number of hydrogen-bond donors (Lipinski definition) is 1. The van der Waals surface area contributed by atoms with Gasteiger partial charge in [-0.1, -0.05) is 24.5 Å². The predicted octanol–water partition coefficient (Wildman–Crippen LogP) is 2.51. The topological polar surface area (TPSA) is 20.2 Å². The number of terminal acetylenes is 1. The summed E-state index contributed by atoms with van der Waals surface area (Å²) in [6.07, 6.45) is 9.83. The Morgan fingerprint density at radius 2 is 2.25 bits per heavy atom. The van der Waals surface area contributed by atoms with Gasteiger partial charge in [-0.3, -0.25) is 0 Å². The molecule has 0 aliphatic heterocycles. The van der Waals surface area contributed by atoms with Gasteiger partial charge in [0.1, 0.15) is 5.60 Å². The number of hydrogen-bond acceptors (Lipinski definition) is 1.